The Bertz CT molecular complexity index is 1210. The molecular formula is C22H22N4O3. The highest BCUT2D eigenvalue weighted by Crippen LogP contribution is 2.27. The fraction of sp³-hybridized carbons (Fsp3) is 0.227. The summed E-state index contributed by atoms with van der Waals surface area (Å²) in [6.07, 6.45) is 3.83. The van der Waals surface area contributed by atoms with Gasteiger partial charge in [-0.15, -0.1) is 0 Å². The zero-order valence-corrected chi connectivity index (χ0v) is 16.6. The van der Waals surface area contributed by atoms with E-state index in [4.69, 9.17) is 9.47 Å². The summed E-state index contributed by atoms with van der Waals surface area (Å²) in [7, 11) is 3.21. The van der Waals surface area contributed by atoms with Gasteiger partial charge in [0, 0.05) is 6.54 Å². The molecule has 29 heavy (non-hydrogen) atoms. The first kappa shape index (κ1) is 18.7. The molecule has 0 unspecified atom stereocenters. The molecule has 0 aliphatic carbocycles. The molecule has 7 heteroatoms. The minimum atomic E-state index is -0.103. The van der Waals surface area contributed by atoms with Crippen LogP contribution in [0.2, 0.25) is 0 Å². The Kier molecular flexibility index (Phi) is 5.03. The normalized spacial score (nSPS) is 11.0. The number of nitrogens with zero attached hydrogens (tertiary/aromatic N) is 4. The molecule has 4 rings (SSSR count). The summed E-state index contributed by atoms with van der Waals surface area (Å²) in [5, 5.41) is 4.87. The summed E-state index contributed by atoms with van der Waals surface area (Å²) in [4.78, 5) is 17.4. The Labute approximate surface area is 168 Å². The van der Waals surface area contributed by atoms with Crippen LogP contribution >= 0.6 is 0 Å². The van der Waals surface area contributed by atoms with E-state index < -0.39 is 0 Å². The molecular weight excluding hydrogens is 368 g/mol. The molecule has 0 amide bonds. The molecule has 0 fully saturated rings. The number of ether oxygens (including phenoxy) is 2. The van der Waals surface area contributed by atoms with Crippen molar-refractivity contribution in [1.82, 2.24) is 19.3 Å². The van der Waals surface area contributed by atoms with Crippen LogP contribution in [-0.2, 0) is 13.0 Å². The zero-order chi connectivity index (χ0) is 20.4. The summed E-state index contributed by atoms with van der Waals surface area (Å²) >= 11 is 0. The van der Waals surface area contributed by atoms with Crippen molar-refractivity contribution in [1.29, 1.82) is 0 Å². The van der Waals surface area contributed by atoms with Crippen LogP contribution in [0.1, 0.15) is 11.1 Å². The average molecular weight is 390 g/mol. The minimum absolute atomic E-state index is 0.103. The largest absolute Gasteiger partial charge is 0.493 e. The summed E-state index contributed by atoms with van der Waals surface area (Å²) in [5.74, 6) is 1.35. The predicted molar refractivity (Wildman–Crippen MR) is 111 cm³/mol. The van der Waals surface area contributed by atoms with Crippen molar-refractivity contribution in [2.45, 2.75) is 19.9 Å². The highest BCUT2D eigenvalue weighted by Gasteiger charge is 2.12. The lowest BCUT2D eigenvalue weighted by Gasteiger charge is -2.10. The third-order valence-corrected chi connectivity index (χ3v) is 4.92. The first-order valence-electron chi connectivity index (χ1n) is 9.32. The van der Waals surface area contributed by atoms with Gasteiger partial charge in [0.05, 0.1) is 32.4 Å². The standard InChI is InChI=1S/C22H22N4O3/c1-15-4-7-17(8-5-15)26-21-18(13-24-26)22(27)25(14-23-21)11-10-16-6-9-19(28-2)20(12-16)29-3/h4-9,12-14H,10-11H2,1-3H3. The zero-order valence-electron chi connectivity index (χ0n) is 16.6. The van der Waals surface area contributed by atoms with E-state index in [1.54, 1.807) is 36.0 Å². The van der Waals surface area contributed by atoms with Crippen LogP contribution in [0.25, 0.3) is 16.7 Å². The number of methoxy groups -OCH3 is 2. The molecule has 4 aromatic rings. The molecule has 0 aliphatic heterocycles. The molecule has 0 aliphatic rings. The van der Waals surface area contributed by atoms with E-state index >= 15 is 0 Å². The van der Waals surface area contributed by atoms with Crippen LogP contribution in [0, 0.1) is 6.92 Å². The van der Waals surface area contributed by atoms with E-state index in [1.165, 1.54) is 0 Å². The third kappa shape index (κ3) is 3.59. The van der Waals surface area contributed by atoms with Crippen LogP contribution in [0.3, 0.4) is 0 Å². The van der Waals surface area contributed by atoms with Gasteiger partial charge in [-0.3, -0.25) is 9.36 Å². The van der Waals surface area contributed by atoms with Crippen molar-refractivity contribution < 1.29 is 9.47 Å². The van der Waals surface area contributed by atoms with Crippen LogP contribution in [0.15, 0.2) is 59.8 Å². The second kappa shape index (κ2) is 7.79. The number of aromatic nitrogens is 4. The molecule has 0 saturated heterocycles. The van der Waals surface area contributed by atoms with E-state index in [9.17, 15) is 4.79 Å². The van der Waals surface area contributed by atoms with Gasteiger partial charge in [-0.25, -0.2) is 9.67 Å². The Morgan fingerprint density at radius 3 is 2.48 bits per heavy atom. The number of fused-ring (bicyclic) bond motifs is 1. The molecule has 0 atom stereocenters. The van der Waals surface area contributed by atoms with Gasteiger partial charge in [0.2, 0.25) is 0 Å². The third-order valence-electron chi connectivity index (χ3n) is 4.92. The highest BCUT2D eigenvalue weighted by molar-refractivity contribution is 5.74. The number of aryl methyl sites for hydroxylation is 3. The lowest BCUT2D eigenvalue weighted by Crippen LogP contribution is -2.21. The Balaban J connectivity index is 1.60. The maximum Gasteiger partial charge on any atom is 0.264 e. The molecule has 0 bridgehead atoms. The van der Waals surface area contributed by atoms with Crippen molar-refractivity contribution in [3.8, 4) is 17.2 Å². The highest BCUT2D eigenvalue weighted by atomic mass is 16.5. The second-order valence-corrected chi connectivity index (χ2v) is 6.81. The molecule has 0 spiro atoms. The van der Waals surface area contributed by atoms with Gasteiger partial charge >= 0.3 is 0 Å². The van der Waals surface area contributed by atoms with Crippen LogP contribution in [0.5, 0.6) is 11.5 Å². The van der Waals surface area contributed by atoms with E-state index in [1.807, 2.05) is 49.4 Å². The van der Waals surface area contributed by atoms with Crippen LogP contribution in [0.4, 0.5) is 0 Å². The molecule has 2 aromatic heterocycles. The monoisotopic (exact) mass is 390 g/mol. The fourth-order valence-corrected chi connectivity index (χ4v) is 3.27. The van der Waals surface area contributed by atoms with Crippen molar-refractivity contribution in [2.75, 3.05) is 14.2 Å². The van der Waals surface area contributed by atoms with Crippen molar-refractivity contribution in [2.24, 2.45) is 0 Å². The maximum absolute atomic E-state index is 12.9. The van der Waals surface area contributed by atoms with Crippen LogP contribution < -0.4 is 15.0 Å². The van der Waals surface area contributed by atoms with E-state index in [2.05, 4.69) is 10.1 Å². The first-order chi connectivity index (χ1) is 14.1. The predicted octanol–water partition coefficient (Wildman–Crippen LogP) is 3.15. The van der Waals surface area contributed by atoms with Gasteiger partial charge in [0.1, 0.15) is 5.39 Å². The van der Waals surface area contributed by atoms with Crippen molar-refractivity contribution in [3.63, 3.8) is 0 Å². The number of hydrogen-bond acceptors (Lipinski definition) is 5. The minimum Gasteiger partial charge on any atom is -0.493 e. The van der Waals surface area contributed by atoms with Crippen molar-refractivity contribution >= 4 is 11.0 Å². The molecule has 0 saturated carbocycles. The van der Waals surface area contributed by atoms with Gasteiger partial charge in [-0.05, 0) is 43.2 Å². The molecule has 148 valence electrons. The molecule has 0 N–H and O–H groups in total. The van der Waals surface area contributed by atoms with E-state index in [0.29, 0.717) is 35.5 Å². The first-order valence-corrected chi connectivity index (χ1v) is 9.32. The average Bonchev–Trinajstić information content (AvgIpc) is 3.18. The summed E-state index contributed by atoms with van der Waals surface area (Å²) in [5.41, 5.74) is 3.54. The molecule has 2 aromatic carbocycles. The Hall–Kier alpha value is -3.61. The molecule has 7 nitrogen and oxygen atoms in total. The maximum atomic E-state index is 12.9. The number of benzene rings is 2. The number of rotatable bonds is 6. The van der Waals surface area contributed by atoms with Gasteiger partial charge < -0.3 is 9.47 Å². The SMILES string of the molecule is COc1ccc(CCn2cnc3c(cnn3-c3ccc(C)cc3)c2=O)cc1OC. The summed E-state index contributed by atoms with van der Waals surface area (Å²) in [6.45, 7) is 2.53. The van der Waals surface area contributed by atoms with Gasteiger partial charge in [-0.2, -0.15) is 5.10 Å². The van der Waals surface area contributed by atoms with Gasteiger partial charge in [0.25, 0.3) is 5.56 Å². The number of hydrogen-bond donors (Lipinski definition) is 0. The van der Waals surface area contributed by atoms with Crippen molar-refractivity contribution in [3.05, 3.63) is 76.5 Å². The lowest BCUT2D eigenvalue weighted by atomic mass is 10.1. The van der Waals surface area contributed by atoms with Gasteiger partial charge in [0.15, 0.2) is 17.1 Å². The van der Waals surface area contributed by atoms with Crippen LogP contribution in [-0.4, -0.2) is 33.6 Å². The smallest absolute Gasteiger partial charge is 0.264 e. The topological polar surface area (TPSA) is 71.2 Å². The van der Waals surface area contributed by atoms with Gasteiger partial charge in [-0.1, -0.05) is 23.8 Å². The van der Waals surface area contributed by atoms with E-state index in [-0.39, 0.29) is 5.56 Å². The molecule has 2 heterocycles. The quantitative estimate of drug-likeness (QED) is 0.506. The Morgan fingerprint density at radius 2 is 1.76 bits per heavy atom. The second-order valence-electron chi connectivity index (χ2n) is 6.81. The Morgan fingerprint density at radius 1 is 1.00 bits per heavy atom. The summed E-state index contributed by atoms with van der Waals surface area (Å²) < 4.78 is 13.9. The van der Waals surface area contributed by atoms with E-state index in [0.717, 1.165) is 16.8 Å². The lowest BCUT2D eigenvalue weighted by molar-refractivity contribution is 0.354. The fourth-order valence-electron chi connectivity index (χ4n) is 3.27. The summed E-state index contributed by atoms with van der Waals surface area (Å²) in [6, 6.07) is 13.7. The molecule has 0 radical (unpaired) electrons.